The Morgan fingerprint density at radius 2 is 1.38 bits per heavy atom. The molecule has 1 N–H and O–H groups in total. The maximum Gasteiger partial charge on any atom is 0.264 e. The first kappa shape index (κ1) is 33.4. The fourth-order valence-electron chi connectivity index (χ4n) is 4.89. The number of carbonyl (C=O) groups excluding carboxylic acids is 2. The van der Waals surface area contributed by atoms with Crippen LogP contribution < -0.4 is 9.62 Å². The molecule has 4 aromatic rings. The molecule has 7 nitrogen and oxygen atoms in total. The molecule has 9 heteroatoms. The summed E-state index contributed by atoms with van der Waals surface area (Å²) in [5.74, 6) is -1.79. The summed E-state index contributed by atoms with van der Waals surface area (Å²) in [4.78, 5) is 29.7. The number of nitrogens with one attached hydrogen (secondary N) is 1. The molecular formula is C36H40FN3O4S. The number of nitrogens with zero attached hydrogens (tertiary/aromatic N) is 2. The van der Waals surface area contributed by atoms with Gasteiger partial charge in [-0.2, -0.15) is 0 Å². The van der Waals surface area contributed by atoms with Crippen molar-refractivity contribution < 1.29 is 22.4 Å². The van der Waals surface area contributed by atoms with E-state index in [1.54, 1.807) is 12.1 Å². The monoisotopic (exact) mass is 629 g/mol. The average Bonchev–Trinajstić information content (AvgIpc) is 3.03. The van der Waals surface area contributed by atoms with Crippen molar-refractivity contribution in [2.45, 2.75) is 64.1 Å². The zero-order valence-electron chi connectivity index (χ0n) is 26.1. The van der Waals surface area contributed by atoms with Crippen LogP contribution in [0.5, 0.6) is 0 Å². The highest BCUT2D eigenvalue weighted by atomic mass is 32.2. The number of anilines is 1. The van der Waals surface area contributed by atoms with Crippen LogP contribution in [0.25, 0.3) is 0 Å². The number of sulfonamides is 1. The van der Waals surface area contributed by atoms with E-state index in [2.05, 4.69) is 5.32 Å². The SMILES string of the molecule is CC[C@H](C)NC(=O)[C@H](Cc1ccccc1)N(Cc1ccc(C)cc1)C(=O)CN(c1ccccc1F)S(=O)(=O)c1ccc(C)cc1. The molecule has 4 aromatic carbocycles. The molecule has 236 valence electrons. The molecule has 0 radical (unpaired) electrons. The molecule has 2 atom stereocenters. The topological polar surface area (TPSA) is 86.8 Å². The van der Waals surface area contributed by atoms with Gasteiger partial charge < -0.3 is 10.2 Å². The minimum atomic E-state index is -4.38. The number of para-hydroxylation sites is 1. The molecule has 0 aliphatic carbocycles. The van der Waals surface area contributed by atoms with E-state index in [9.17, 15) is 18.0 Å². The Morgan fingerprint density at radius 1 is 0.800 bits per heavy atom. The van der Waals surface area contributed by atoms with Crippen LogP contribution in [0.4, 0.5) is 10.1 Å². The molecule has 0 saturated heterocycles. The molecule has 2 amide bonds. The van der Waals surface area contributed by atoms with Crippen molar-refractivity contribution in [3.63, 3.8) is 0 Å². The molecule has 0 aliphatic heterocycles. The van der Waals surface area contributed by atoms with Crippen LogP contribution in [0.2, 0.25) is 0 Å². The summed E-state index contributed by atoms with van der Waals surface area (Å²) in [5, 5.41) is 3.01. The summed E-state index contributed by atoms with van der Waals surface area (Å²) in [6.45, 7) is 6.94. The van der Waals surface area contributed by atoms with Crippen molar-refractivity contribution in [2.24, 2.45) is 0 Å². The Balaban J connectivity index is 1.81. The quantitative estimate of drug-likeness (QED) is 0.191. The van der Waals surface area contributed by atoms with Gasteiger partial charge >= 0.3 is 0 Å². The highest BCUT2D eigenvalue weighted by Gasteiger charge is 2.35. The normalized spacial score (nSPS) is 12.6. The molecule has 0 aliphatic rings. The molecule has 0 spiro atoms. The van der Waals surface area contributed by atoms with Gasteiger partial charge in [0.15, 0.2) is 0 Å². The van der Waals surface area contributed by atoms with Crippen molar-refractivity contribution >= 4 is 27.5 Å². The molecule has 0 fully saturated rings. The van der Waals surface area contributed by atoms with Crippen LogP contribution in [0.1, 0.15) is 42.5 Å². The highest BCUT2D eigenvalue weighted by molar-refractivity contribution is 7.92. The molecule has 0 aromatic heterocycles. The lowest BCUT2D eigenvalue weighted by atomic mass is 10.0. The minimum Gasteiger partial charge on any atom is -0.352 e. The van der Waals surface area contributed by atoms with Gasteiger partial charge in [-0.25, -0.2) is 12.8 Å². The number of amides is 2. The van der Waals surface area contributed by atoms with Crippen LogP contribution >= 0.6 is 0 Å². The average molecular weight is 630 g/mol. The third kappa shape index (κ3) is 8.57. The Bertz CT molecular complexity index is 1690. The zero-order valence-corrected chi connectivity index (χ0v) is 26.9. The minimum absolute atomic E-state index is 0.0419. The predicted molar refractivity (Wildman–Crippen MR) is 176 cm³/mol. The van der Waals surface area contributed by atoms with Crippen LogP contribution in [0, 0.1) is 19.7 Å². The fourth-order valence-corrected chi connectivity index (χ4v) is 6.31. The molecule has 0 heterocycles. The zero-order chi connectivity index (χ0) is 32.6. The van der Waals surface area contributed by atoms with Crippen molar-refractivity contribution in [3.8, 4) is 0 Å². The first-order chi connectivity index (χ1) is 21.5. The van der Waals surface area contributed by atoms with Crippen LogP contribution in [0.3, 0.4) is 0 Å². The Hall–Kier alpha value is -4.50. The summed E-state index contributed by atoms with van der Waals surface area (Å²) in [7, 11) is -4.38. The Kier molecular flexibility index (Phi) is 11.1. The third-order valence-corrected chi connectivity index (χ3v) is 9.53. The van der Waals surface area contributed by atoms with Gasteiger partial charge in [0, 0.05) is 19.0 Å². The molecule has 4 rings (SSSR count). The second-order valence-electron chi connectivity index (χ2n) is 11.3. The lowest BCUT2D eigenvalue weighted by molar-refractivity contribution is -0.140. The molecule has 45 heavy (non-hydrogen) atoms. The van der Waals surface area contributed by atoms with Gasteiger partial charge in [0.1, 0.15) is 18.4 Å². The lowest BCUT2D eigenvalue weighted by Gasteiger charge is -2.34. The van der Waals surface area contributed by atoms with Crippen molar-refractivity contribution in [1.29, 1.82) is 0 Å². The van der Waals surface area contributed by atoms with E-state index in [0.717, 1.165) is 32.6 Å². The number of hydrogen-bond donors (Lipinski definition) is 1. The molecule has 0 unspecified atom stereocenters. The highest BCUT2D eigenvalue weighted by Crippen LogP contribution is 2.27. The fraction of sp³-hybridized carbons (Fsp3) is 0.278. The number of hydrogen-bond acceptors (Lipinski definition) is 4. The maximum atomic E-state index is 15.2. The summed E-state index contributed by atoms with van der Waals surface area (Å²) >= 11 is 0. The van der Waals surface area contributed by atoms with E-state index in [1.807, 2.05) is 82.3 Å². The lowest BCUT2D eigenvalue weighted by Crippen LogP contribution is -2.54. The van der Waals surface area contributed by atoms with E-state index in [4.69, 9.17) is 0 Å². The Labute approximate surface area is 265 Å². The number of carbonyl (C=O) groups is 2. The molecule has 0 bridgehead atoms. The summed E-state index contributed by atoms with van der Waals surface area (Å²) < 4.78 is 44.1. The molecule has 0 saturated carbocycles. The van der Waals surface area contributed by atoms with Gasteiger partial charge in [-0.05, 0) is 62.6 Å². The second-order valence-corrected chi connectivity index (χ2v) is 13.2. The number of halogens is 1. The summed E-state index contributed by atoms with van der Waals surface area (Å²) in [5.41, 5.74) is 3.22. The maximum absolute atomic E-state index is 15.2. The second kappa shape index (κ2) is 15.0. The van der Waals surface area contributed by atoms with Crippen molar-refractivity contribution in [3.05, 3.63) is 131 Å². The first-order valence-electron chi connectivity index (χ1n) is 15.0. The summed E-state index contributed by atoms with van der Waals surface area (Å²) in [6.07, 6.45) is 0.886. The third-order valence-electron chi connectivity index (χ3n) is 7.75. The van der Waals surface area contributed by atoms with Gasteiger partial charge in [0.2, 0.25) is 11.8 Å². The largest absolute Gasteiger partial charge is 0.352 e. The first-order valence-corrected chi connectivity index (χ1v) is 16.5. The smallest absolute Gasteiger partial charge is 0.264 e. The van der Waals surface area contributed by atoms with Gasteiger partial charge in [-0.15, -0.1) is 0 Å². The van der Waals surface area contributed by atoms with E-state index in [1.165, 1.54) is 35.2 Å². The van der Waals surface area contributed by atoms with Gasteiger partial charge in [0.05, 0.1) is 10.6 Å². The van der Waals surface area contributed by atoms with Crippen LogP contribution in [0.15, 0.2) is 108 Å². The van der Waals surface area contributed by atoms with E-state index in [-0.39, 0.29) is 35.5 Å². The van der Waals surface area contributed by atoms with Gasteiger partial charge in [-0.1, -0.05) is 96.9 Å². The predicted octanol–water partition coefficient (Wildman–Crippen LogP) is 6.19. The van der Waals surface area contributed by atoms with E-state index >= 15 is 4.39 Å². The number of benzene rings is 4. The Morgan fingerprint density at radius 3 is 1.98 bits per heavy atom. The van der Waals surface area contributed by atoms with Crippen molar-refractivity contribution in [2.75, 3.05) is 10.8 Å². The summed E-state index contributed by atoms with van der Waals surface area (Å²) in [6, 6.07) is 27.4. The van der Waals surface area contributed by atoms with Crippen LogP contribution in [-0.4, -0.2) is 43.8 Å². The number of rotatable bonds is 13. The standard InChI is InChI=1S/C36H40FN3O4S/c1-5-28(4)38-36(42)34(23-29-11-7-6-8-12-29)39(24-30-19-15-26(2)16-20-30)35(41)25-40(33-14-10-9-13-32(33)37)45(43,44)31-21-17-27(3)18-22-31/h6-22,28,34H,5,23-25H2,1-4H3,(H,38,42)/t28-,34-/m0/s1. The van der Waals surface area contributed by atoms with E-state index in [0.29, 0.717) is 6.42 Å². The van der Waals surface area contributed by atoms with Gasteiger partial charge in [-0.3, -0.25) is 13.9 Å². The molecular weight excluding hydrogens is 589 g/mol. The number of aryl methyl sites for hydroxylation is 2. The van der Waals surface area contributed by atoms with E-state index < -0.39 is 34.3 Å². The van der Waals surface area contributed by atoms with Gasteiger partial charge in [0.25, 0.3) is 10.0 Å². The van der Waals surface area contributed by atoms with Crippen LogP contribution in [-0.2, 0) is 32.6 Å². The van der Waals surface area contributed by atoms with Crippen molar-refractivity contribution in [1.82, 2.24) is 10.2 Å².